The largest absolute Gasteiger partial charge is 0.392 e. The van der Waals surface area contributed by atoms with Crippen LogP contribution in [0.2, 0.25) is 0 Å². The van der Waals surface area contributed by atoms with Crippen molar-refractivity contribution in [3.05, 3.63) is 0 Å². The molecule has 0 aromatic rings. The highest BCUT2D eigenvalue weighted by Crippen LogP contribution is 2.39. The quantitative estimate of drug-likeness (QED) is 0.638. The predicted molar refractivity (Wildman–Crippen MR) is 73.7 cm³/mol. The molecular weight excluding hydrogens is 250 g/mol. The highest BCUT2D eigenvalue weighted by Gasteiger charge is 2.45. The number of rotatable bonds is 5. The number of hydrogen-bond donors (Lipinski definition) is 3. The van der Waals surface area contributed by atoms with E-state index in [1.165, 1.54) is 0 Å². The number of nitrogens with two attached hydrogens (primary N) is 2. The number of thiocarbonyl (C=S) groups is 1. The van der Waals surface area contributed by atoms with E-state index in [0.717, 1.165) is 12.8 Å². The second kappa shape index (κ2) is 5.22. The van der Waals surface area contributed by atoms with Crippen LogP contribution < -0.4 is 16.8 Å². The molecule has 1 aliphatic rings. The van der Waals surface area contributed by atoms with Gasteiger partial charge in [0.05, 0.1) is 10.4 Å². The van der Waals surface area contributed by atoms with E-state index >= 15 is 0 Å². The van der Waals surface area contributed by atoms with Crippen LogP contribution in [0.3, 0.4) is 0 Å². The Bertz CT molecular complexity index is 374. The van der Waals surface area contributed by atoms with Gasteiger partial charge in [-0.1, -0.05) is 25.1 Å². The molecule has 0 bridgehead atoms. The predicted octanol–water partition coefficient (Wildman–Crippen LogP) is 0.603. The number of carbonyl (C=O) groups excluding carboxylic acids is 2. The van der Waals surface area contributed by atoms with E-state index in [0.29, 0.717) is 12.8 Å². The molecule has 0 atom stereocenters. The number of primary amides is 1. The number of nitrogens with one attached hydrogen (secondary N) is 1. The molecule has 1 aliphatic carbocycles. The van der Waals surface area contributed by atoms with Crippen molar-refractivity contribution >= 4 is 29.0 Å². The molecule has 18 heavy (non-hydrogen) atoms. The Balaban J connectivity index is 2.80. The maximum Gasteiger partial charge on any atom is 0.233 e. The van der Waals surface area contributed by atoms with Crippen LogP contribution >= 0.6 is 12.2 Å². The van der Waals surface area contributed by atoms with Gasteiger partial charge in [0.1, 0.15) is 0 Å². The van der Waals surface area contributed by atoms with Crippen LogP contribution in [0, 0.1) is 5.41 Å². The molecule has 0 aromatic carbocycles. The first-order chi connectivity index (χ1) is 8.19. The third-order valence-corrected chi connectivity index (χ3v) is 3.82. The van der Waals surface area contributed by atoms with Gasteiger partial charge in [-0.2, -0.15) is 0 Å². The van der Waals surface area contributed by atoms with Crippen molar-refractivity contribution in [3.8, 4) is 0 Å². The number of hydrogen-bond acceptors (Lipinski definition) is 3. The van der Waals surface area contributed by atoms with Crippen molar-refractivity contribution in [2.45, 2.75) is 51.5 Å². The van der Waals surface area contributed by atoms with Crippen molar-refractivity contribution in [1.82, 2.24) is 5.32 Å². The Labute approximate surface area is 113 Å². The van der Waals surface area contributed by atoms with Crippen molar-refractivity contribution in [1.29, 1.82) is 0 Å². The van der Waals surface area contributed by atoms with Gasteiger partial charge in [-0.05, 0) is 26.7 Å². The lowest BCUT2D eigenvalue weighted by molar-refractivity contribution is -0.129. The summed E-state index contributed by atoms with van der Waals surface area (Å²) in [5.41, 5.74) is 9.47. The molecule has 0 aromatic heterocycles. The summed E-state index contributed by atoms with van der Waals surface area (Å²) >= 11 is 5.05. The molecule has 1 fully saturated rings. The van der Waals surface area contributed by atoms with Crippen LogP contribution in [0.4, 0.5) is 0 Å². The average Bonchev–Trinajstić information content (AvgIpc) is 2.63. The fraction of sp³-hybridized carbons (Fsp3) is 0.750. The molecule has 102 valence electrons. The Hall–Kier alpha value is -1.17. The van der Waals surface area contributed by atoms with Gasteiger partial charge < -0.3 is 16.8 Å². The summed E-state index contributed by atoms with van der Waals surface area (Å²) in [5, 5.41) is 2.84. The standard InChI is InChI=1S/C12H21N3O2S/c1-11(2,7-8(13)16)15-10(17)12(9(14)18)5-3-4-6-12/h3-7H2,1-2H3,(H2,13,16)(H2,14,18)(H,15,17). The highest BCUT2D eigenvalue weighted by atomic mass is 32.1. The first kappa shape index (κ1) is 14.9. The van der Waals surface area contributed by atoms with E-state index in [9.17, 15) is 9.59 Å². The summed E-state index contributed by atoms with van der Waals surface area (Å²) in [6, 6.07) is 0. The zero-order valence-electron chi connectivity index (χ0n) is 10.9. The minimum atomic E-state index is -0.746. The molecule has 1 rings (SSSR count). The number of carbonyl (C=O) groups is 2. The normalized spacial score (nSPS) is 18.3. The van der Waals surface area contributed by atoms with Crippen molar-refractivity contribution in [2.24, 2.45) is 16.9 Å². The first-order valence-corrected chi connectivity index (χ1v) is 6.51. The van der Waals surface area contributed by atoms with Gasteiger partial charge >= 0.3 is 0 Å². The average molecular weight is 271 g/mol. The summed E-state index contributed by atoms with van der Waals surface area (Å²) < 4.78 is 0. The summed E-state index contributed by atoms with van der Waals surface area (Å²) in [6.07, 6.45) is 3.34. The molecule has 1 saturated carbocycles. The molecule has 0 heterocycles. The lowest BCUT2D eigenvalue weighted by atomic mass is 9.83. The smallest absolute Gasteiger partial charge is 0.233 e. The van der Waals surface area contributed by atoms with Gasteiger partial charge in [-0.3, -0.25) is 9.59 Å². The topological polar surface area (TPSA) is 98.2 Å². The van der Waals surface area contributed by atoms with Crippen LogP contribution in [-0.4, -0.2) is 22.3 Å². The van der Waals surface area contributed by atoms with Crippen molar-refractivity contribution in [3.63, 3.8) is 0 Å². The molecule has 0 radical (unpaired) electrons. The summed E-state index contributed by atoms with van der Waals surface area (Å²) in [6.45, 7) is 3.52. The molecule has 5 N–H and O–H groups in total. The monoisotopic (exact) mass is 271 g/mol. The van der Waals surface area contributed by atoms with Crippen molar-refractivity contribution < 1.29 is 9.59 Å². The second-order valence-corrected chi connectivity index (χ2v) is 6.07. The summed E-state index contributed by atoms with van der Waals surface area (Å²) in [7, 11) is 0. The second-order valence-electron chi connectivity index (χ2n) is 5.63. The van der Waals surface area contributed by atoms with E-state index in [1.54, 1.807) is 13.8 Å². The Morgan fingerprint density at radius 3 is 2.17 bits per heavy atom. The van der Waals surface area contributed by atoms with E-state index in [4.69, 9.17) is 23.7 Å². The van der Waals surface area contributed by atoms with E-state index in [2.05, 4.69) is 5.32 Å². The van der Waals surface area contributed by atoms with Crippen LogP contribution in [0.1, 0.15) is 46.0 Å². The third-order valence-electron chi connectivity index (χ3n) is 3.43. The summed E-state index contributed by atoms with van der Waals surface area (Å²) in [5.74, 6) is -0.630. The highest BCUT2D eigenvalue weighted by molar-refractivity contribution is 7.80. The maximum absolute atomic E-state index is 12.4. The van der Waals surface area contributed by atoms with Gasteiger partial charge in [0.25, 0.3) is 0 Å². The van der Waals surface area contributed by atoms with E-state index in [-0.39, 0.29) is 17.3 Å². The minimum Gasteiger partial charge on any atom is -0.392 e. The number of amides is 2. The van der Waals surface area contributed by atoms with Crippen LogP contribution in [0.15, 0.2) is 0 Å². The van der Waals surface area contributed by atoms with Gasteiger partial charge in [0, 0.05) is 12.0 Å². The van der Waals surface area contributed by atoms with Crippen LogP contribution in [0.25, 0.3) is 0 Å². The SMILES string of the molecule is CC(C)(CC(N)=O)NC(=O)C1(C(N)=S)CCCC1. The van der Waals surface area contributed by atoms with Gasteiger partial charge in [0.15, 0.2) is 0 Å². The molecule has 0 saturated heterocycles. The van der Waals surface area contributed by atoms with Gasteiger partial charge in [0.2, 0.25) is 11.8 Å². The third kappa shape index (κ3) is 3.19. The van der Waals surface area contributed by atoms with Crippen LogP contribution in [0.5, 0.6) is 0 Å². The zero-order chi connectivity index (χ0) is 14.0. The molecule has 0 aliphatic heterocycles. The molecule has 0 spiro atoms. The van der Waals surface area contributed by atoms with E-state index < -0.39 is 16.9 Å². The fourth-order valence-electron chi connectivity index (χ4n) is 2.47. The van der Waals surface area contributed by atoms with E-state index in [1.807, 2.05) is 0 Å². The lowest BCUT2D eigenvalue weighted by Gasteiger charge is -2.32. The molecule has 0 unspecified atom stereocenters. The first-order valence-electron chi connectivity index (χ1n) is 6.10. The Morgan fingerprint density at radius 1 is 1.28 bits per heavy atom. The van der Waals surface area contributed by atoms with Gasteiger partial charge in [-0.25, -0.2) is 0 Å². The Morgan fingerprint density at radius 2 is 1.78 bits per heavy atom. The zero-order valence-corrected chi connectivity index (χ0v) is 11.7. The molecule has 5 nitrogen and oxygen atoms in total. The molecular formula is C12H21N3O2S. The van der Waals surface area contributed by atoms with Gasteiger partial charge in [-0.15, -0.1) is 0 Å². The molecule has 2 amide bonds. The fourth-order valence-corrected chi connectivity index (χ4v) is 2.77. The van der Waals surface area contributed by atoms with Crippen LogP contribution in [-0.2, 0) is 9.59 Å². The summed E-state index contributed by atoms with van der Waals surface area (Å²) in [4.78, 5) is 23.6. The lowest BCUT2D eigenvalue weighted by Crippen LogP contribution is -2.54. The molecule has 6 heteroatoms. The minimum absolute atomic E-state index is 0.0894. The van der Waals surface area contributed by atoms with Crippen molar-refractivity contribution in [2.75, 3.05) is 0 Å². The Kier molecular flexibility index (Phi) is 4.32. The maximum atomic E-state index is 12.4.